The molecule has 1 aliphatic heterocycles. The monoisotopic (exact) mass is 239 g/mol. The summed E-state index contributed by atoms with van der Waals surface area (Å²) < 4.78 is 5.36. The van der Waals surface area contributed by atoms with Crippen molar-refractivity contribution in [1.29, 1.82) is 0 Å². The largest absolute Gasteiger partial charge is 0.381 e. The summed E-state index contributed by atoms with van der Waals surface area (Å²) in [5.41, 5.74) is 1.46. The smallest absolute Gasteiger partial charge is 0.0469 e. The van der Waals surface area contributed by atoms with Crippen molar-refractivity contribution >= 4 is 11.3 Å². The van der Waals surface area contributed by atoms with Crippen molar-refractivity contribution in [2.45, 2.75) is 25.7 Å². The molecule has 2 nitrogen and oxygen atoms in total. The standard InChI is InChI=1S/C13H21NOS/c1-11(13-4-7-16-10-13)8-14-9-12-2-5-15-6-3-12/h4,7,10-12,14H,2-3,5-6,8-9H2,1H3. The summed E-state index contributed by atoms with van der Waals surface area (Å²) in [5.74, 6) is 1.45. The van der Waals surface area contributed by atoms with Gasteiger partial charge in [-0.15, -0.1) is 0 Å². The second-order valence-corrected chi connectivity index (χ2v) is 5.45. The summed E-state index contributed by atoms with van der Waals surface area (Å²) in [6.45, 7) is 6.43. The summed E-state index contributed by atoms with van der Waals surface area (Å²) in [7, 11) is 0. The Morgan fingerprint density at radius 2 is 2.31 bits per heavy atom. The maximum atomic E-state index is 5.36. The van der Waals surface area contributed by atoms with Gasteiger partial charge in [0.15, 0.2) is 0 Å². The second-order valence-electron chi connectivity index (χ2n) is 4.67. The van der Waals surface area contributed by atoms with Crippen molar-refractivity contribution < 1.29 is 4.74 Å². The normalized spacial score (nSPS) is 19.8. The lowest BCUT2D eigenvalue weighted by Crippen LogP contribution is -2.30. The van der Waals surface area contributed by atoms with E-state index in [9.17, 15) is 0 Å². The molecule has 1 unspecified atom stereocenters. The third-order valence-corrected chi connectivity index (χ3v) is 4.04. The van der Waals surface area contributed by atoms with Gasteiger partial charge in [0.1, 0.15) is 0 Å². The third-order valence-electron chi connectivity index (χ3n) is 3.34. The highest BCUT2D eigenvalue weighted by molar-refractivity contribution is 7.07. The van der Waals surface area contributed by atoms with Crippen molar-refractivity contribution in [3.63, 3.8) is 0 Å². The minimum atomic E-state index is 0.631. The molecule has 1 aliphatic rings. The fraction of sp³-hybridized carbons (Fsp3) is 0.692. The van der Waals surface area contributed by atoms with Gasteiger partial charge in [0, 0.05) is 19.8 Å². The van der Waals surface area contributed by atoms with E-state index in [0.29, 0.717) is 5.92 Å². The zero-order chi connectivity index (χ0) is 11.2. The van der Waals surface area contributed by atoms with Crippen molar-refractivity contribution in [3.05, 3.63) is 22.4 Å². The van der Waals surface area contributed by atoms with Crippen LogP contribution >= 0.6 is 11.3 Å². The molecule has 3 heteroatoms. The van der Waals surface area contributed by atoms with Crippen LogP contribution in [0.15, 0.2) is 16.8 Å². The third kappa shape index (κ3) is 3.58. The molecule has 1 aromatic heterocycles. The molecule has 2 heterocycles. The minimum absolute atomic E-state index is 0.631. The Hall–Kier alpha value is -0.380. The highest BCUT2D eigenvalue weighted by atomic mass is 32.1. The molecule has 0 spiro atoms. The Bertz CT molecular complexity index is 280. The zero-order valence-electron chi connectivity index (χ0n) is 9.95. The van der Waals surface area contributed by atoms with Gasteiger partial charge >= 0.3 is 0 Å². The molecular weight excluding hydrogens is 218 g/mol. The number of thiophene rings is 1. The topological polar surface area (TPSA) is 21.3 Å². The Labute approximate surface area is 102 Å². The highest BCUT2D eigenvalue weighted by Gasteiger charge is 2.13. The van der Waals surface area contributed by atoms with E-state index in [1.165, 1.54) is 18.4 Å². The summed E-state index contributed by atoms with van der Waals surface area (Å²) in [6, 6.07) is 2.23. The van der Waals surface area contributed by atoms with E-state index >= 15 is 0 Å². The molecule has 1 N–H and O–H groups in total. The van der Waals surface area contributed by atoms with Gasteiger partial charge in [0.05, 0.1) is 0 Å². The fourth-order valence-electron chi connectivity index (χ4n) is 2.13. The van der Waals surface area contributed by atoms with Crippen LogP contribution < -0.4 is 5.32 Å². The molecule has 2 rings (SSSR count). The van der Waals surface area contributed by atoms with Crippen molar-refractivity contribution in [2.75, 3.05) is 26.3 Å². The predicted molar refractivity (Wildman–Crippen MR) is 69.1 cm³/mol. The van der Waals surface area contributed by atoms with Crippen LogP contribution in [0.1, 0.15) is 31.2 Å². The number of hydrogen-bond acceptors (Lipinski definition) is 3. The van der Waals surface area contributed by atoms with Crippen LogP contribution in [0.3, 0.4) is 0 Å². The number of rotatable bonds is 5. The molecule has 0 bridgehead atoms. The van der Waals surface area contributed by atoms with E-state index in [1.807, 2.05) is 0 Å². The van der Waals surface area contributed by atoms with Crippen LogP contribution in [0.5, 0.6) is 0 Å². The first-order valence-corrected chi connectivity index (χ1v) is 7.11. The molecule has 0 saturated carbocycles. The molecule has 0 radical (unpaired) electrons. The van der Waals surface area contributed by atoms with Gasteiger partial charge in [0.2, 0.25) is 0 Å². The molecule has 0 aliphatic carbocycles. The lowest BCUT2D eigenvalue weighted by atomic mass is 9.99. The number of ether oxygens (including phenoxy) is 1. The van der Waals surface area contributed by atoms with Gasteiger partial charge in [-0.2, -0.15) is 11.3 Å². The summed E-state index contributed by atoms with van der Waals surface area (Å²) in [6.07, 6.45) is 2.44. The Morgan fingerprint density at radius 1 is 1.50 bits per heavy atom. The fourth-order valence-corrected chi connectivity index (χ4v) is 2.91. The highest BCUT2D eigenvalue weighted by Crippen LogP contribution is 2.18. The van der Waals surface area contributed by atoms with Crippen molar-refractivity contribution in [3.8, 4) is 0 Å². The molecule has 1 fully saturated rings. The molecular formula is C13H21NOS. The van der Waals surface area contributed by atoms with E-state index in [1.54, 1.807) is 11.3 Å². The van der Waals surface area contributed by atoms with E-state index in [0.717, 1.165) is 32.2 Å². The summed E-state index contributed by atoms with van der Waals surface area (Å²) in [4.78, 5) is 0. The van der Waals surface area contributed by atoms with E-state index < -0.39 is 0 Å². The van der Waals surface area contributed by atoms with Gasteiger partial charge in [-0.05, 0) is 53.6 Å². The van der Waals surface area contributed by atoms with E-state index in [-0.39, 0.29) is 0 Å². The number of hydrogen-bond donors (Lipinski definition) is 1. The molecule has 1 atom stereocenters. The van der Waals surface area contributed by atoms with Crippen LogP contribution in [0.2, 0.25) is 0 Å². The Kier molecular flexibility index (Phi) is 4.82. The summed E-state index contributed by atoms with van der Waals surface area (Å²) >= 11 is 1.79. The Balaban J connectivity index is 1.63. The lowest BCUT2D eigenvalue weighted by Gasteiger charge is -2.23. The average molecular weight is 239 g/mol. The van der Waals surface area contributed by atoms with Gasteiger partial charge in [-0.3, -0.25) is 0 Å². The van der Waals surface area contributed by atoms with Crippen LogP contribution in [0.4, 0.5) is 0 Å². The maximum Gasteiger partial charge on any atom is 0.0469 e. The molecule has 0 aromatic carbocycles. The van der Waals surface area contributed by atoms with Crippen LogP contribution in [0, 0.1) is 5.92 Å². The minimum Gasteiger partial charge on any atom is -0.381 e. The first-order chi connectivity index (χ1) is 7.86. The van der Waals surface area contributed by atoms with Crippen molar-refractivity contribution in [1.82, 2.24) is 5.32 Å². The Morgan fingerprint density at radius 3 is 3.00 bits per heavy atom. The quantitative estimate of drug-likeness (QED) is 0.853. The molecule has 0 amide bonds. The molecule has 90 valence electrons. The van der Waals surface area contributed by atoms with Gasteiger partial charge in [0.25, 0.3) is 0 Å². The molecule has 16 heavy (non-hydrogen) atoms. The SMILES string of the molecule is CC(CNCC1CCOCC1)c1ccsc1. The second kappa shape index (κ2) is 6.38. The van der Waals surface area contributed by atoms with E-state index in [4.69, 9.17) is 4.74 Å². The van der Waals surface area contributed by atoms with Crippen LogP contribution in [-0.4, -0.2) is 26.3 Å². The molecule has 1 aromatic rings. The van der Waals surface area contributed by atoms with E-state index in [2.05, 4.69) is 29.1 Å². The van der Waals surface area contributed by atoms with Gasteiger partial charge in [-0.1, -0.05) is 6.92 Å². The molecule has 1 saturated heterocycles. The van der Waals surface area contributed by atoms with Gasteiger partial charge < -0.3 is 10.1 Å². The first-order valence-electron chi connectivity index (χ1n) is 6.17. The van der Waals surface area contributed by atoms with Crippen LogP contribution in [-0.2, 0) is 4.74 Å². The van der Waals surface area contributed by atoms with Crippen molar-refractivity contribution in [2.24, 2.45) is 5.92 Å². The average Bonchev–Trinajstić information content (AvgIpc) is 2.84. The summed E-state index contributed by atoms with van der Waals surface area (Å²) in [5, 5.41) is 8.00. The number of nitrogens with one attached hydrogen (secondary N) is 1. The van der Waals surface area contributed by atoms with Crippen LogP contribution in [0.25, 0.3) is 0 Å². The predicted octanol–water partition coefficient (Wildman–Crippen LogP) is 2.87. The lowest BCUT2D eigenvalue weighted by molar-refractivity contribution is 0.0663. The zero-order valence-corrected chi connectivity index (χ0v) is 10.8. The first kappa shape index (κ1) is 12.1. The van der Waals surface area contributed by atoms with Gasteiger partial charge in [-0.25, -0.2) is 0 Å². The maximum absolute atomic E-state index is 5.36.